The standard InChI is InChI=1S/C11H9ClFN3/c12-10-3-1-8(6-15-10)5-14-9-2-4-11(13)16-7-9/h1-4,6-7,14H,5H2. The summed E-state index contributed by atoms with van der Waals surface area (Å²) >= 11 is 5.66. The van der Waals surface area contributed by atoms with Crippen molar-refractivity contribution in [1.82, 2.24) is 9.97 Å². The van der Waals surface area contributed by atoms with Gasteiger partial charge in [-0.3, -0.25) is 0 Å². The van der Waals surface area contributed by atoms with Crippen molar-refractivity contribution in [3.63, 3.8) is 0 Å². The largest absolute Gasteiger partial charge is 0.380 e. The van der Waals surface area contributed by atoms with Crippen molar-refractivity contribution < 1.29 is 4.39 Å². The van der Waals surface area contributed by atoms with Crippen molar-refractivity contribution >= 4 is 17.3 Å². The second-order valence-corrected chi connectivity index (χ2v) is 3.60. The van der Waals surface area contributed by atoms with E-state index >= 15 is 0 Å². The van der Waals surface area contributed by atoms with E-state index < -0.39 is 5.95 Å². The summed E-state index contributed by atoms with van der Waals surface area (Å²) in [5, 5.41) is 3.56. The molecule has 2 aromatic rings. The molecule has 2 aromatic heterocycles. The fraction of sp³-hybridized carbons (Fsp3) is 0.0909. The normalized spacial score (nSPS) is 10.1. The summed E-state index contributed by atoms with van der Waals surface area (Å²) in [7, 11) is 0. The third kappa shape index (κ3) is 2.90. The van der Waals surface area contributed by atoms with E-state index in [0.29, 0.717) is 11.7 Å². The molecule has 0 bridgehead atoms. The first-order chi connectivity index (χ1) is 7.74. The maximum atomic E-state index is 12.5. The zero-order valence-electron chi connectivity index (χ0n) is 8.32. The summed E-state index contributed by atoms with van der Waals surface area (Å²) in [5.74, 6) is -0.487. The molecule has 0 fully saturated rings. The van der Waals surface area contributed by atoms with E-state index in [-0.39, 0.29) is 0 Å². The van der Waals surface area contributed by atoms with Gasteiger partial charge in [0.1, 0.15) is 5.15 Å². The molecule has 0 unspecified atom stereocenters. The lowest BCUT2D eigenvalue weighted by Gasteiger charge is -2.05. The van der Waals surface area contributed by atoms with Crippen LogP contribution in [0.1, 0.15) is 5.56 Å². The Morgan fingerprint density at radius 1 is 1.12 bits per heavy atom. The van der Waals surface area contributed by atoms with Crippen LogP contribution in [0.15, 0.2) is 36.7 Å². The van der Waals surface area contributed by atoms with Crippen LogP contribution in [0.25, 0.3) is 0 Å². The molecule has 0 aliphatic heterocycles. The predicted molar refractivity (Wildman–Crippen MR) is 60.8 cm³/mol. The smallest absolute Gasteiger partial charge is 0.212 e. The number of anilines is 1. The first kappa shape index (κ1) is 10.8. The minimum atomic E-state index is -0.487. The molecule has 0 aliphatic carbocycles. The second-order valence-electron chi connectivity index (χ2n) is 3.21. The van der Waals surface area contributed by atoms with Gasteiger partial charge in [0, 0.05) is 12.7 Å². The van der Waals surface area contributed by atoms with Crippen molar-refractivity contribution in [3.8, 4) is 0 Å². The van der Waals surface area contributed by atoms with Gasteiger partial charge in [0.25, 0.3) is 0 Å². The van der Waals surface area contributed by atoms with Crippen LogP contribution in [-0.2, 0) is 6.54 Å². The lowest BCUT2D eigenvalue weighted by molar-refractivity contribution is 0.584. The molecular formula is C11H9ClFN3. The minimum Gasteiger partial charge on any atom is -0.380 e. The molecule has 0 saturated carbocycles. The van der Waals surface area contributed by atoms with Gasteiger partial charge in [0.2, 0.25) is 5.95 Å². The van der Waals surface area contributed by atoms with Gasteiger partial charge in [-0.2, -0.15) is 4.39 Å². The molecule has 0 radical (unpaired) electrons. The Morgan fingerprint density at radius 2 is 2.00 bits per heavy atom. The minimum absolute atomic E-state index is 0.465. The van der Waals surface area contributed by atoms with Gasteiger partial charge in [-0.15, -0.1) is 0 Å². The summed E-state index contributed by atoms with van der Waals surface area (Å²) in [6.45, 7) is 0.595. The van der Waals surface area contributed by atoms with Crippen molar-refractivity contribution in [2.75, 3.05) is 5.32 Å². The second kappa shape index (κ2) is 4.90. The van der Waals surface area contributed by atoms with Crippen LogP contribution < -0.4 is 5.32 Å². The predicted octanol–water partition coefficient (Wildman–Crippen LogP) is 2.88. The highest BCUT2D eigenvalue weighted by molar-refractivity contribution is 6.29. The van der Waals surface area contributed by atoms with Gasteiger partial charge >= 0.3 is 0 Å². The number of nitrogens with one attached hydrogen (secondary N) is 1. The third-order valence-electron chi connectivity index (χ3n) is 2.01. The highest BCUT2D eigenvalue weighted by atomic mass is 35.5. The van der Waals surface area contributed by atoms with Crippen molar-refractivity contribution in [3.05, 3.63) is 53.3 Å². The number of pyridine rings is 2. The van der Waals surface area contributed by atoms with E-state index in [2.05, 4.69) is 15.3 Å². The molecule has 2 rings (SSSR count). The monoisotopic (exact) mass is 237 g/mol. The maximum absolute atomic E-state index is 12.5. The number of nitrogens with zero attached hydrogens (tertiary/aromatic N) is 2. The molecule has 0 atom stereocenters. The molecule has 82 valence electrons. The van der Waals surface area contributed by atoms with Crippen LogP contribution in [0.5, 0.6) is 0 Å². The van der Waals surface area contributed by atoms with Crippen LogP contribution >= 0.6 is 11.6 Å². The SMILES string of the molecule is Fc1ccc(NCc2ccc(Cl)nc2)cn1. The fourth-order valence-corrected chi connectivity index (χ4v) is 1.31. The van der Waals surface area contributed by atoms with Crippen LogP contribution in [0, 0.1) is 5.95 Å². The van der Waals surface area contributed by atoms with Crippen molar-refractivity contribution in [2.45, 2.75) is 6.54 Å². The van der Waals surface area contributed by atoms with Gasteiger partial charge in [-0.25, -0.2) is 9.97 Å². The van der Waals surface area contributed by atoms with Crippen LogP contribution in [0.2, 0.25) is 5.15 Å². The summed E-state index contributed by atoms with van der Waals surface area (Å²) in [5.41, 5.74) is 1.75. The lowest BCUT2D eigenvalue weighted by atomic mass is 10.3. The number of hydrogen-bond acceptors (Lipinski definition) is 3. The molecular weight excluding hydrogens is 229 g/mol. The van der Waals surface area contributed by atoms with Gasteiger partial charge in [0.15, 0.2) is 0 Å². The summed E-state index contributed by atoms with van der Waals surface area (Å²) < 4.78 is 12.5. The Balaban J connectivity index is 1.97. The zero-order valence-corrected chi connectivity index (χ0v) is 9.08. The van der Waals surface area contributed by atoms with Gasteiger partial charge in [-0.05, 0) is 23.8 Å². The van der Waals surface area contributed by atoms with Crippen LogP contribution in [-0.4, -0.2) is 9.97 Å². The maximum Gasteiger partial charge on any atom is 0.212 e. The Bertz CT molecular complexity index is 410. The van der Waals surface area contributed by atoms with Gasteiger partial charge in [-0.1, -0.05) is 17.7 Å². The first-order valence-electron chi connectivity index (χ1n) is 4.70. The molecule has 0 saturated heterocycles. The highest BCUT2D eigenvalue weighted by Gasteiger charge is 1.96. The summed E-state index contributed by atoms with van der Waals surface area (Å²) in [6.07, 6.45) is 3.13. The molecule has 5 heteroatoms. The number of hydrogen-bond donors (Lipinski definition) is 1. The number of rotatable bonds is 3. The van der Waals surface area contributed by atoms with Crippen molar-refractivity contribution in [1.29, 1.82) is 0 Å². The molecule has 2 heterocycles. The first-order valence-corrected chi connectivity index (χ1v) is 5.08. The number of halogens is 2. The zero-order chi connectivity index (χ0) is 11.4. The molecule has 0 aromatic carbocycles. The van der Waals surface area contributed by atoms with E-state index in [4.69, 9.17) is 11.6 Å². The Labute approximate surface area is 97.3 Å². The summed E-state index contributed by atoms with van der Waals surface area (Å²) in [4.78, 5) is 7.49. The van der Waals surface area contributed by atoms with Gasteiger partial charge in [0.05, 0.1) is 11.9 Å². The van der Waals surface area contributed by atoms with Gasteiger partial charge < -0.3 is 5.32 Å². The number of aromatic nitrogens is 2. The molecule has 0 spiro atoms. The van der Waals surface area contributed by atoms with Crippen molar-refractivity contribution in [2.24, 2.45) is 0 Å². The van der Waals surface area contributed by atoms with Crippen LogP contribution in [0.4, 0.5) is 10.1 Å². The van der Waals surface area contributed by atoms with E-state index in [9.17, 15) is 4.39 Å². The van der Waals surface area contributed by atoms with E-state index in [1.165, 1.54) is 12.3 Å². The average molecular weight is 238 g/mol. The molecule has 1 N–H and O–H groups in total. The summed E-state index contributed by atoms with van der Waals surface area (Å²) in [6, 6.07) is 6.54. The average Bonchev–Trinajstić information content (AvgIpc) is 2.30. The fourth-order valence-electron chi connectivity index (χ4n) is 1.20. The molecule has 3 nitrogen and oxygen atoms in total. The third-order valence-corrected chi connectivity index (χ3v) is 2.24. The quantitative estimate of drug-likeness (QED) is 0.835. The topological polar surface area (TPSA) is 37.8 Å². The lowest BCUT2D eigenvalue weighted by Crippen LogP contribution is -2.00. The van der Waals surface area contributed by atoms with Crippen LogP contribution in [0.3, 0.4) is 0 Å². The van der Waals surface area contributed by atoms with E-state index in [1.54, 1.807) is 18.3 Å². The molecule has 0 aliphatic rings. The Morgan fingerprint density at radius 3 is 2.62 bits per heavy atom. The molecule has 0 amide bonds. The van der Waals surface area contributed by atoms with E-state index in [0.717, 1.165) is 11.3 Å². The van der Waals surface area contributed by atoms with E-state index in [1.807, 2.05) is 6.07 Å². The highest BCUT2D eigenvalue weighted by Crippen LogP contribution is 2.09. The Hall–Kier alpha value is -1.68. The molecule has 16 heavy (non-hydrogen) atoms. The Kier molecular flexibility index (Phi) is 3.31.